The minimum atomic E-state index is -4.47. The van der Waals surface area contributed by atoms with Gasteiger partial charge in [0.25, 0.3) is 0 Å². The van der Waals surface area contributed by atoms with E-state index in [1.54, 1.807) is 24.3 Å². The van der Waals surface area contributed by atoms with Crippen LogP contribution in [0.1, 0.15) is 0 Å². The van der Waals surface area contributed by atoms with E-state index in [9.17, 15) is 25.9 Å². The zero-order chi connectivity index (χ0) is 22.9. The van der Waals surface area contributed by atoms with Gasteiger partial charge in [-0.2, -0.15) is 0 Å². The predicted molar refractivity (Wildman–Crippen MR) is 119 cm³/mol. The van der Waals surface area contributed by atoms with Crippen molar-refractivity contribution in [2.24, 2.45) is 0 Å². The van der Waals surface area contributed by atoms with E-state index < -0.39 is 20.2 Å². The van der Waals surface area contributed by atoms with Gasteiger partial charge in [-0.25, -0.2) is 16.8 Å². The second-order valence-electron chi connectivity index (χ2n) is 7.11. The van der Waals surface area contributed by atoms with Crippen molar-refractivity contribution < 1.29 is 129 Å². The van der Waals surface area contributed by atoms with Gasteiger partial charge in [-0.1, -0.05) is 72.8 Å². The third-order valence-electron chi connectivity index (χ3n) is 5.06. The van der Waals surface area contributed by atoms with Gasteiger partial charge in [0.05, 0.1) is 9.79 Å². The van der Waals surface area contributed by atoms with Crippen molar-refractivity contribution in [3.63, 3.8) is 0 Å². The van der Waals surface area contributed by atoms with Crippen LogP contribution in [0.15, 0.2) is 107 Å². The van der Waals surface area contributed by atoms with E-state index in [0.29, 0.717) is 0 Å². The Hall–Kier alpha value is -0.0273. The average Bonchev–Trinajstić information content (AvgIpc) is 2.78. The second-order valence-corrected chi connectivity index (χ2v) is 9.87. The summed E-state index contributed by atoms with van der Waals surface area (Å²) in [6.45, 7) is 0. The minimum absolute atomic E-state index is 0. The van der Waals surface area contributed by atoms with Gasteiger partial charge in [0.1, 0.15) is 20.2 Å². The molecule has 4 rings (SSSR count). The van der Waals surface area contributed by atoms with Crippen LogP contribution in [0.25, 0.3) is 33.4 Å². The molecule has 162 valence electrons. The van der Waals surface area contributed by atoms with E-state index in [0.717, 1.165) is 33.4 Å². The zero-order valence-corrected chi connectivity index (χ0v) is 26.4. The van der Waals surface area contributed by atoms with Gasteiger partial charge in [-0.15, -0.1) is 0 Å². The number of benzene rings is 4. The van der Waals surface area contributed by atoms with Crippen molar-refractivity contribution in [3.8, 4) is 33.4 Å². The Labute approximate surface area is 284 Å². The molecule has 6 nitrogen and oxygen atoms in total. The molecule has 0 N–H and O–H groups in total. The molecule has 10 heteroatoms. The molecule has 34 heavy (non-hydrogen) atoms. The SMILES string of the molecule is O=S(=O)([O-])c1ccc(-c2ccc(-c3ccc(-c4ccc(S(=O)(=O)[O-])cc4)cc3)cc2)cc1.[K+].[K+]. The Morgan fingerprint density at radius 2 is 0.500 bits per heavy atom. The van der Waals surface area contributed by atoms with Crippen LogP contribution in [0.3, 0.4) is 0 Å². The molecule has 0 spiro atoms. The van der Waals surface area contributed by atoms with Gasteiger partial charge in [0.2, 0.25) is 0 Å². The summed E-state index contributed by atoms with van der Waals surface area (Å²) in [4.78, 5) is -0.524. The standard InChI is InChI=1S/C24H18O6S2.2K/c25-31(26,27)23-13-9-21(10-14-23)19-5-1-17(2-6-19)18-3-7-20(8-4-18)22-11-15-24(16-12-22)32(28,29)30;;/h1-16H,(H,25,26,27)(H,28,29,30);;/q;2*+1/p-2. The summed E-state index contributed by atoms with van der Waals surface area (Å²) >= 11 is 0. The summed E-state index contributed by atoms with van der Waals surface area (Å²) < 4.78 is 66.4. The number of hydrogen-bond acceptors (Lipinski definition) is 6. The zero-order valence-electron chi connectivity index (χ0n) is 18.5. The second kappa shape index (κ2) is 12.5. The molecule has 0 amide bonds. The van der Waals surface area contributed by atoms with Gasteiger partial charge in [-0.05, 0) is 57.6 Å². The van der Waals surface area contributed by atoms with Crippen molar-refractivity contribution >= 4 is 20.2 Å². The summed E-state index contributed by atoms with van der Waals surface area (Å²) in [6, 6.07) is 27.0. The van der Waals surface area contributed by atoms with Crippen molar-refractivity contribution in [1.29, 1.82) is 0 Å². The maximum atomic E-state index is 11.1. The molecule has 0 fully saturated rings. The quantitative estimate of drug-likeness (QED) is 0.224. The molecule has 0 atom stereocenters. The van der Waals surface area contributed by atoms with Crippen LogP contribution in [0.5, 0.6) is 0 Å². The van der Waals surface area contributed by atoms with Crippen molar-refractivity contribution in [2.45, 2.75) is 9.79 Å². The summed E-state index contributed by atoms with van der Waals surface area (Å²) in [5.74, 6) is 0. The van der Waals surface area contributed by atoms with Gasteiger partial charge in [0, 0.05) is 0 Å². The molecule has 4 aromatic carbocycles. The van der Waals surface area contributed by atoms with Gasteiger partial charge < -0.3 is 9.11 Å². The first-order chi connectivity index (χ1) is 15.1. The molecule has 0 aromatic heterocycles. The van der Waals surface area contributed by atoms with Gasteiger partial charge >= 0.3 is 103 Å². The monoisotopic (exact) mass is 542 g/mol. The first-order valence-corrected chi connectivity index (χ1v) is 12.3. The van der Waals surface area contributed by atoms with Crippen LogP contribution >= 0.6 is 0 Å². The van der Waals surface area contributed by atoms with Crippen LogP contribution < -0.4 is 103 Å². The maximum Gasteiger partial charge on any atom is 1.00 e. The minimum Gasteiger partial charge on any atom is -0.744 e. The molecule has 0 saturated carbocycles. The normalized spacial score (nSPS) is 11.2. The smallest absolute Gasteiger partial charge is 0.744 e. The molecule has 0 radical (unpaired) electrons. The van der Waals surface area contributed by atoms with E-state index in [4.69, 9.17) is 0 Å². The summed E-state index contributed by atoms with van der Waals surface area (Å²) in [5.41, 5.74) is 5.31. The number of hydrogen-bond donors (Lipinski definition) is 0. The molecule has 0 bridgehead atoms. The van der Waals surface area contributed by atoms with Crippen LogP contribution in [0, 0.1) is 0 Å². The van der Waals surface area contributed by atoms with Crippen LogP contribution in [0.2, 0.25) is 0 Å². The molecule has 0 aliphatic carbocycles. The van der Waals surface area contributed by atoms with Crippen molar-refractivity contribution in [2.75, 3.05) is 0 Å². The Morgan fingerprint density at radius 1 is 0.353 bits per heavy atom. The van der Waals surface area contributed by atoms with E-state index >= 15 is 0 Å². The molecular formula is C24H16K2O6S2. The molecule has 0 heterocycles. The third-order valence-corrected chi connectivity index (χ3v) is 6.75. The molecule has 0 unspecified atom stereocenters. The average molecular weight is 543 g/mol. The first kappa shape index (κ1) is 30.2. The fourth-order valence-electron chi connectivity index (χ4n) is 3.34. The van der Waals surface area contributed by atoms with E-state index in [2.05, 4.69) is 0 Å². The summed E-state index contributed by atoms with van der Waals surface area (Å²) in [6.07, 6.45) is 0. The van der Waals surface area contributed by atoms with Crippen molar-refractivity contribution in [1.82, 2.24) is 0 Å². The Balaban J connectivity index is 0.00000204. The van der Waals surface area contributed by atoms with E-state index in [1.807, 2.05) is 48.5 Å². The molecule has 0 saturated heterocycles. The topological polar surface area (TPSA) is 114 Å². The fraction of sp³-hybridized carbons (Fsp3) is 0. The molecule has 4 aromatic rings. The number of rotatable bonds is 5. The van der Waals surface area contributed by atoms with Gasteiger partial charge in [-0.3, -0.25) is 0 Å². The van der Waals surface area contributed by atoms with Crippen LogP contribution in [-0.4, -0.2) is 25.9 Å². The first-order valence-electron chi connectivity index (χ1n) is 9.44. The Kier molecular flexibility index (Phi) is 11.1. The summed E-state index contributed by atoms with van der Waals surface area (Å²) in [5, 5.41) is 0. The van der Waals surface area contributed by atoms with E-state index in [-0.39, 0.29) is 113 Å². The third kappa shape index (κ3) is 7.49. The predicted octanol–water partition coefficient (Wildman–Crippen LogP) is -1.50. The largest absolute Gasteiger partial charge is 1.00 e. The maximum absolute atomic E-state index is 11.1. The summed E-state index contributed by atoms with van der Waals surface area (Å²) in [7, 11) is -8.94. The Bertz CT molecular complexity index is 1350. The van der Waals surface area contributed by atoms with Crippen LogP contribution in [0.4, 0.5) is 0 Å². The van der Waals surface area contributed by atoms with Crippen LogP contribution in [-0.2, 0) is 20.2 Å². The molecule has 0 aliphatic rings. The Morgan fingerprint density at radius 3 is 0.647 bits per heavy atom. The van der Waals surface area contributed by atoms with Crippen molar-refractivity contribution in [3.05, 3.63) is 97.1 Å². The molecular weight excluding hydrogens is 527 g/mol. The fourth-order valence-corrected chi connectivity index (χ4v) is 4.28. The van der Waals surface area contributed by atoms with Gasteiger partial charge in [0.15, 0.2) is 0 Å². The molecule has 0 aliphatic heterocycles. The van der Waals surface area contributed by atoms with E-state index in [1.165, 1.54) is 24.3 Å².